The molecular formula is C63H40N4O. The summed E-state index contributed by atoms with van der Waals surface area (Å²) in [6.07, 6.45) is 0. The number of furan rings is 1. The third-order valence-corrected chi connectivity index (χ3v) is 13.0. The lowest BCUT2D eigenvalue weighted by Crippen LogP contribution is -2.01. The van der Waals surface area contributed by atoms with Crippen LogP contribution in [0.1, 0.15) is 0 Å². The van der Waals surface area contributed by atoms with Crippen LogP contribution in [0.25, 0.3) is 128 Å². The van der Waals surface area contributed by atoms with Gasteiger partial charge in [0, 0.05) is 49.5 Å². The summed E-state index contributed by atoms with van der Waals surface area (Å²) in [5.41, 5.74) is 16.1. The largest absolute Gasteiger partial charge is 0.453 e. The number of nitrogens with zero attached hydrogens (tertiary/aromatic N) is 4. The molecule has 3 heterocycles. The number of aromatic nitrogens is 4. The van der Waals surface area contributed by atoms with E-state index in [1.165, 1.54) is 5.39 Å². The lowest BCUT2D eigenvalue weighted by molar-refractivity contribution is 0.672. The van der Waals surface area contributed by atoms with Gasteiger partial charge in [-0.3, -0.25) is 0 Å². The monoisotopic (exact) mass is 868 g/mol. The Morgan fingerprint density at radius 2 is 0.765 bits per heavy atom. The Labute approximate surface area is 392 Å². The van der Waals surface area contributed by atoms with Crippen molar-refractivity contribution in [3.8, 4) is 84.4 Å². The molecule has 318 valence electrons. The number of hydrogen-bond acceptors (Lipinski definition) is 4. The van der Waals surface area contributed by atoms with E-state index >= 15 is 0 Å². The van der Waals surface area contributed by atoms with Gasteiger partial charge in [0.2, 0.25) is 0 Å². The molecule has 13 rings (SSSR count). The average Bonchev–Trinajstić information content (AvgIpc) is 3.98. The van der Waals surface area contributed by atoms with E-state index in [9.17, 15) is 0 Å². The topological polar surface area (TPSA) is 56.7 Å². The summed E-state index contributed by atoms with van der Waals surface area (Å²) < 4.78 is 9.63. The van der Waals surface area contributed by atoms with Gasteiger partial charge in [-0.25, -0.2) is 15.0 Å². The van der Waals surface area contributed by atoms with Crippen molar-refractivity contribution in [1.29, 1.82) is 0 Å². The van der Waals surface area contributed by atoms with E-state index in [-0.39, 0.29) is 0 Å². The summed E-state index contributed by atoms with van der Waals surface area (Å²) in [4.78, 5) is 15.7. The van der Waals surface area contributed by atoms with Gasteiger partial charge in [0.1, 0.15) is 5.58 Å². The summed E-state index contributed by atoms with van der Waals surface area (Å²) in [5, 5.41) is 4.41. The number of fused-ring (bicyclic) bond motifs is 7. The highest BCUT2D eigenvalue weighted by atomic mass is 16.3. The Balaban J connectivity index is 1.09. The second-order valence-electron chi connectivity index (χ2n) is 17.1. The molecule has 0 aliphatic heterocycles. The molecule has 3 aromatic heterocycles. The van der Waals surface area contributed by atoms with Crippen molar-refractivity contribution in [3.63, 3.8) is 0 Å². The summed E-state index contributed by atoms with van der Waals surface area (Å²) in [6.45, 7) is 0. The second-order valence-corrected chi connectivity index (χ2v) is 17.1. The van der Waals surface area contributed by atoms with E-state index in [0.29, 0.717) is 17.5 Å². The molecule has 10 aromatic carbocycles. The van der Waals surface area contributed by atoms with Gasteiger partial charge in [-0.2, -0.15) is 0 Å². The molecule has 68 heavy (non-hydrogen) atoms. The predicted molar refractivity (Wildman–Crippen MR) is 279 cm³/mol. The maximum absolute atomic E-state index is 7.29. The highest BCUT2D eigenvalue weighted by Crippen LogP contribution is 2.45. The maximum Gasteiger partial charge on any atom is 0.164 e. The number of hydrogen-bond donors (Lipinski definition) is 0. The van der Waals surface area contributed by atoms with Gasteiger partial charge in [0.05, 0.1) is 11.0 Å². The van der Waals surface area contributed by atoms with Gasteiger partial charge >= 0.3 is 0 Å². The summed E-state index contributed by atoms with van der Waals surface area (Å²) >= 11 is 0. The molecule has 5 nitrogen and oxygen atoms in total. The smallest absolute Gasteiger partial charge is 0.164 e. The van der Waals surface area contributed by atoms with E-state index in [4.69, 9.17) is 19.4 Å². The first-order chi connectivity index (χ1) is 33.7. The first kappa shape index (κ1) is 39.2. The molecule has 0 saturated carbocycles. The van der Waals surface area contributed by atoms with Crippen LogP contribution in [0, 0.1) is 0 Å². The molecular weight excluding hydrogens is 829 g/mol. The Kier molecular flexibility index (Phi) is 9.43. The van der Waals surface area contributed by atoms with Gasteiger partial charge in [-0.15, -0.1) is 0 Å². The van der Waals surface area contributed by atoms with Crippen LogP contribution in [0.5, 0.6) is 0 Å². The third kappa shape index (κ3) is 6.76. The van der Waals surface area contributed by atoms with E-state index in [1.54, 1.807) is 0 Å². The van der Waals surface area contributed by atoms with Crippen molar-refractivity contribution in [2.24, 2.45) is 0 Å². The van der Waals surface area contributed by atoms with Crippen LogP contribution in [-0.4, -0.2) is 19.5 Å². The van der Waals surface area contributed by atoms with Crippen molar-refractivity contribution in [2.75, 3.05) is 0 Å². The quantitative estimate of drug-likeness (QED) is 0.153. The van der Waals surface area contributed by atoms with E-state index in [0.717, 1.165) is 105 Å². The molecule has 0 radical (unpaired) electrons. The fourth-order valence-corrected chi connectivity index (χ4v) is 9.82. The van der Waals surface area contributed by atoms with Crippen molar-refractivity contribution >= 4 is 43.7 Å². The normalized spacial score (nSPS) is 11.5. The molecule has 0 N–H and O–H groups in total. The first-order valence-corrected chi connectivity index (χ1v) is 22.9. The number of rotatable bonds is 8. The van der Waals surface area contributed by atoms with Gasteiger partial charge < -0.3 is 8.98 Å². The second kappa shape index (κ2) is 16.4. The molecule has 0 atom stereocenters. The Morgan fingerprint density at radius 3 is 1.38 bits per heavy atom. The van der Waals surface area contributed by atoms with Gasteiger partial charge in [0.25, 0.3) is 0 Å². The first-order valence-electron chi connectivity index (χ1n) is 22.9. The molecule has 0 fully saturated rings. The summed E-state index contributed by atoms with van der Waals surface area (Å²) in [5.74, 6) is 1.76. The van der Waals surface area contributed by atoms with Crippen LogP contribution in [-0.2, 0) is 0 Å². The minimum atomic E-state index is 0.566. The van der Waals surface area contributed by atoms with Crippen molar-refractivity contribution in [3.05, 3.63) is 243 Å². The number of para-hydroxylation sites is 3. The molecule has 0 spiro atoms. The predicted octanol–water partition coefficient (Wildman–Crippen LogP) is 16.5. The van der Waals surface area contributed by atoms with Crippen LogP contribution >= 0.6 is 0 Å². The molecule has 0 aliphatic rings. The van der Waals surface area contributed by atoms with Crippen LogP contribution in [0.4, 0.5) is 0 Å². The molecule has 0 saturated heterocycles. The standard InChI is InChI=1S/C63H40N4O/c1-6-19-41(20-7-1)46-37-47(42-21-8-2-9-22-42)39-48(38-46)45-33-34-50(56(40-45)63-65-61(43-23-10-3-11-24-43)64-62(66-63)44-25-12-4-13-26-44)53-30-18-31-54-55-36-35-52-51-29-16-17-32-57(51)67(49-27-14-5-15-28-49)58(52)60(55)68-59(53)54/h1-40H. The van der Waals surface area contributed by atoms with Crippen LogP contribution < -0.4 is 0 Å². The van der Waals surface area contributed by atoms with E-state index in [2.05, 4.69) is 211 Å². The SMILES string of the molecule is c1ccc(-c2cc(-c3ccccc3)cc(-c3ccc(-c4cccc5c4oc4c5ccc5c6ccccc6n(-c6ccccc6)c54)c(-c4nc(-c5ccccc5)nc(-c5ccccc5)n4)c3)c2)cc1. The Bertz CT molecular complexity index is 3880. The van der Waals surface area contributed by atoms with Gasteiger partial charge in [-0.1, -0.05) is 194 Å². The zero-order chi connectivity index (χ0) is 45.0. The minimum absolute atomic E-state index is 0.566. The third-order valence-electron chi connectivity index (χ3n) is 13.0. The molecule has 0 bridgehead atoms. The lowest BCUT2D eigenvalue weighted by atomic mass is 9.90. The van der Waals surface area contributed by atoms with Gasteiger partial charge in [-0.05, 0) is 87.5 Å². The zero-order valence-corrected chi connectivity index (χ0v) is 36.8. The van der Waals surface area contributed by atoms with Crippen LogP contribution in [0.15, 0.2) is 247 Å². The highest BCUT2D eigenvalue weighted by Gasteiger charge is 2.23. The van der Waals surface area contributed by atoms with Gasteiger partial charge in [0.15, 0.2) is 23.1 Å². The lowest BCUT2D eigenvalue weighted by Gasteiger charge is -2.16. The van der Waals surface area contributed by atoms with Crippen molar-refractivity contribution < 1.29 is 4.42 Å². The molecule has 13 aromatic rings. The zero-order valence-electron chi connectivity index (χ0n) is 36.8. The summed E-state index contributed by atoms with van der Waals surface area (Å²) in [7, 11) is 0. The fourth-order valence-electron chi connectivity index (χ4n) is 9.82. The molecule has 0 aliphatic carbocycles. The fraction of sp³-hybridized carbons (Fsp3) is 0. The average molecular weight is 869 g/mol. The van der Waals surface area contributed by atoms with Crippen molar-refractivity contribution in [1.82, 2.24) is 19.5 Å². The molecule has 0 amide bonds. The van der Waals surface area contributed by atoms with Crippen LogP contribution in [0.3, 0.4) is 0 Å². The summed E-state index contributed by atoms with van der Waals surface area (Å²) in [6, 6.07) is 85.1. The highest BCUT2D eigenvalue weighted by molar-refractivity contribution is 6.22. The maximum atomic E-state index is 7.29. The Morgan fingerprint density at radius 1 is 0.279 bits per heavy atom. The Hall–Kier alpha value is -9.19. The van der Waals surface area contributed by atoms with Crippen LogP contribution in [0.2, 0.25) is 0 Å². The minimum Gasteiger partial charge on any atom is -0.453 e. The van der Waals surface area contributed by atoms with Crippen molar-refractivity contribution in [2.45, 2.75) is 0 Å². The molecule has 0 unspecified atom stereocenters. The van der Waals surface area contributed by atoms with E-state index < -0.39 is 0 Å². The van der Waals surface area contributed by atoms with E-state index in [1.807, 2.05) is 36.4 Å². The molecule has 5 heteroatoms. The number of benzene rings is 10.